The van der Waals surface area contributed by atoms with Gasteiger partial charge in [-0.3, -0.25) is 9.59 Å². The fraction of sp³-hybridized carbons (Fsp3) is 0.0500. The van der Waals surface area contributed by atoms with Crippen LogP contribution in [0.1, 0.15) is 10.6 Å². The highest BCUT2D eigenvalue weighted by Crippen LogP contribution is 2.30. The fourth-order valence-electron chi connectivity index (χ4n) is 2.58. The summed E-state index contributed by atoms with van der Waals surface area (Å²) in [5, 5.41) is 6.19. The van der Waals surface area contributed by atoms with Gasteiger partial charge in [-0.2, -0.15) is 0 Å². The van der Waals surface area contributed by atoms with Crippen molar-refractivity contribution in [2.45, 2.75) is 0 Å². The van der Waals surface area contributed by atoms with Crippen LogP contribution < -0.4 is 10.6 Å². The zero-order chi connectivity index (χ0) is 19.5. The number of hydrogen-bond acceptors (Lipinski definition) is 5. The predicted molar refractivity (Wildman–Crippen MR) is 112 cm³/mol. The number of carbonyl (C=O) groups excluding carboxylic acids is 2. The minimum Gasteiger partial charge on any atom is -0.444 e. The second kappa shape index (κ2) is 7.95. The Kier molecular flexibility index (Phi) is 5.23. The van der Waals surface area contributed by atoms with E-state index in [1.165, 1.54) is 6.07 Å². The van der Waals surface area contributed by atoms with E-state index in [9.17, 15) is 9.59 Å². The van der Waals surface area contributed by atoms with E-state index in [1.54, 1.807) is 17.4 Å². The standard InChI is InChI=1S/C20H14BrN3O3S/c21-17-10-9-15(27-17)19(26)22-11-18(25)23-13-7-5-12(6-8-13)20-24-14-3-1-2-4-16(14)28-20/h1-10H,11H2,(H,22,26)(H,23,25). The molecule has 0 bridgehead atoms. The molecule has 6 nitrogen and oxygen atoms in total. The molecule has 2 aromatic carbocycles. The lowest BCUT2D eigenvalue weighted by atomic mass is 10.2. The molecule has 0 aliphatic heterocycles. The van der Waals surface area contributed by atoms with E-state index in [1.807, 2.05) is 48.5 Å². The largest absolute Gasteiger partial charge is 0.444 e. The molecule has 4 rings (SSSR count). The van der Waals surface area contributed by atoms with Crippen LogP contribution in [0.5, 0.6) is 0 Å². The van der Waals surface area contributed by atoms with E-state index in [4.69, 9.17) is 4.42 Å². The summed E-state index contributed by atoms with van der Waals surface area (Å²) in [5.74, 6) is -0.640. The number of para-hydroxylation sites is 1. The van der Waals surface area contributed by atoms with E-state index in [0.717, 1.165) is 20.8 Å². The predicted octanol–water partition coefficient (Wildman–Crippen LogP) is 4.69. The van der Waals surface area contributed by atoms with Crippen LogP contribution in [-0.4, -0.2) is 23.3 Å². The maximum atomic E-state index is 12.0. The number of halogens is 1. The highest BCUT2D eigenvalue weighted by molar-refractivity contribution is 9.10. The number of hydrogen-bond donors (Lipinski definition) is 2. The second-order valence-electron chi connectivity index (χ2n) is 5.90. The first-order valence-electron chi connectivity index (χ1n) is 8.38. The molecule has 0 radical (unpaired) electrons. The Morgan fingerprint density at radius 2 is 1.82 bits per heavy atom. The summed E-state index contributed by atoms with van der Waals surface area (Å²) in [7, 11) is 0. The van der Waals surface area contributed by atoms with Gasteiger partial charge in [0.2, 0.25) is 5.91 Å². The first-order valence-corrected chi connectivity index (χ1v) is 9.99. The molecular weight excluding hydrogens is 442 g/mol. The molecule has 28 heavy (non-hydrogen) atoms. The van der Waals surface area contributed by atoms with Gasteiger partial charge in [-0.15, -0.1) is 11.3 Å². The van der Waals surface area contributed by atoms with Crippen molar-refractivity contribution in [3.05, 3.63) is 71.1 Å². The van der Waals surface area contributed by atoms with E-state index in [2.05, 4.69) is 31.5 Å². The minimum absolute atomic E-state index is 0.139. The van der Waals surface area contributed by atoms with Gasteiger partial charge in [0.05, 0.1) is 16.8 Å². The van der Waals surface area contributed by atoms with E-state index in [0.29, 0.717) is 10.4 Å². The Hall–Kier alpha value is -2.97. The van der Waals surface area contributed by atoms with E-state index in [-0.39, 0.29) is 18.2 Å². The molecular formula is C20H14BrN3O3S. The summed E-state index contributed by atoms with van der Waals surface area (Å²) in [6.45, 7) is -0.156. The summed E-state index contributed by atoms with van der Waals surface area (Å²) in [4.78, 5) is 28.6. The molecule has 0 aliphatic carbocycles. The Labute approximate surface area is 172 Å². The number of fused-ring (bicyclic) bond motifs is 1. The third-order valence-corrected chi connectivity index (χ3v) is 5.43. The van der Waals surface area contributed by atoms with Crippen LogP contribution >= 0.6 is 27.3 Å². The molecule has 0 aliphatic rings. The SMILES string of the molecule is O=C(CNC(=O)c1ccc(Br)o1)Nc1ccc(-c2nc3ccccc3s2)cc1. The topological polar surface area (TPSA) is 84.2 Å². The number of nitrogens with one attached hydrogen (secondary N) is 2. The zero-order valence-electron chi connectivity index (χ0n) is 14.4. The smallest absolute Gasteiger partial charge is 0.287 e. The Morgan fingerprint density at radius 3 is 2.54 bits per heavy atom. The van der Waals surface area contributed by atoms with Gasteiger partial charge < -0.3 is 15.1 Å². The number of nitrogens with zero attached hydrogens (tertiary/aromatic N) is 1. The number of anilines is 1. The first kappa shape index (κ1) is 18.4. The van der Waals surface area contributed by atoms with Crippen molar-refractivity contribution < 1.29 is 14.0 Å². The molecule has 2 amide bonds. The highest BCUT2D eigenvalue weighted by atomic mass is 79.9. The molecule has 4 aromatic rings. The quantitative estimate of drug-likeness (QED) is 0.457. The number of furan rings is 1. The minimum atomic E-state index is -0.452. The van der Waals surface area contributed by atoms with Crippen LogP contribution in [0.15, 0.2) is 69.8 Å². The summed E-state index contributed by atoms with van der Waals surface area (Å²) >= 11 is 4.75. The molecule has 0 saturated heterocycles. The summed E-state index contributed by atoms with van der Waals surface area (Å²) in [6, 6.07) is 18.6. The molecule has 140 valence electrons. The number of amides is 2. The van der Waals surface area contributed by atoms with Crippen molar-refractivity contribution in [2.24, 2.45) is 0 Å². The summed E-state index contributed by atoms with van der Waals surface area (Å²) < 4.78 is 6.73. The van der Waals surface area contributed by atoms with Gasteiger partial charge in [0, 0.05) is 11.3 Å². The van der Waals surface area contributed by atoms with Crippen LogP contribution in [0.2, 0.25) is 0 Å². The van der Waals surface area contributed by atoms with Crippen molar-refractivity contribution in [3.63, 3.8) is 0 Å². The third-order valence-electron chi connectivity index (χ3n) is 3.92. The molecule has 0 unspecified atom stereocenters. The number of carbonyl (C=O) groups is 2. The van der Waals surface area contributed by atoms with Crippen molar-refractivity contribution >= 4 is 55.0 Å². The average Bonchev–Trinajstić information content (AvgIpc) is 3.33. The Balaban J connectivity index is 1.36. The third kappa shape index (κ3) is 4.13. The molecule has 0 atom stereocenters. The second-order valence-corrected chi connectivity index (χ2v) is 7.71. The maximum absolute atomic E-state index is 12.0. The number of rotatable bonds is 5. The van der Waals surface area contributed by atoms with Gasteiger partial charge in [-0.25, -0.2) is 4.98 Å². The molecule has 0 saturated carbocycles. The number of benzene rings is 2. The lowest BCUT2D eigenvalue weighted by molar-refractivity contribution is -0.115. The van der Waals surface area contributed by atoms with Crippen molar-refractivity contribution in [1.82, 2.24) is 10.3 Å². The van der Waals surface area contributed by atoms with Crippen LogP contribution in [0.25, 0.3) is 20.8 Å². The zero-order valence-corrected chi connectivity index (χ0v) is 16.8. The van der Waals surface area contributed by atoms with Gasteiger partial charge in [0.1, 0.15) is 5.01 Å². The average molecular weight is 456 g/mol. The Bertz CT molecular complexity index is 1120. The summed E-state index contributed by atoms with van der Waals surface area (Å²) in [5.41, 5.74) is 2.60. The highest BCUT2D eigenvalue weighted by Gasteiger charge is 2.12. The maximum Gasteiger partial charge on any atom is 0.287 e. The van der Waals surface area contributed by atoms with Crippen molar-refractivity contribution in [3.8, 4) is 10.6 Å². The lowest BCUT2D eigenvalue weighted by Crippen LogP contribution is -2.32. The van der Waals surface area contributed by atoms with Gasteiger partial charge in [0.15, 0.2) is 10.4 Å². The van der Waals surface area contributed by atoms with Crippen LogP contribution in [-0.2, 0) is 4.79 Å². The summed E-state index contributed by atoms with van der Waals surface area (Å²) in [6.07, 6.45) is 0. The van der Waals surface area contributed by atoms with Gasteiger partial charge in [-0.05, 0) is 64.5 Å². The monoisotopic (exact) mass is 455 g/mol. The number of aromatic nitrogens is 1. The van der Waals surface area contributed by atoms with Gasteiger partial charge in [-0.1, -0.05) is 12.1 Å². The van der Waals surface area contributed by atoms with Crippen LogP contribution in [0, 0.1) is 0 Å². The lowest BCUT2D eigenvalue weighted by Gasteiger charge is -2.06. The molecule has 2 aromatic heterocycles. The Morgan fingerprint density at radius 1 is 1.04 bits per heavy atom. The first-order chi connectivity index (χ1) is 13.6. The van der Waals surface area contributed by atoms with E-state index < -0.39 is 5.91 Å². The normalized spacial score (nSPS) is 10.8. The van der Waals surface area contributed by atoms with Gasteiger partial charge >= 0.3 is 0 Å². The molecule has 2 N–H and O–H groups in total. The van der Waals surface area contributed by atoms with Crippen molar-refractivity contribution in [2.75, 3.05) is 11.9 Å². The molecule has 0 spiro atoms. The molecule has 2 heterocycles. The van der Waals surface area contributed by atoms with Gasteiger partial charge in [0.25, 0.3) is 5.91 Å². The molecule has 8 heteroatoms. The van der Waals surface area contributed by atoms with Crippen LogP contribution in [0.4, 0.5) is 5.69 Å². The molecule has 0 fully saturated rings. The number of thiazole rings is 1. The fourth-order valence-corrected chi connectivity index (χ4v) is 3.86. The van der Waals surface area contributed by atoms with E-state index >= 15 is 0 Å². The van der Waals surface area contributed by atoms with Crippen molar-refractivity contribution in [1.29, 1.82) is 0 Å². The van der Waals surface area contributed by atoms with Crippen LogP contribution in [0.3, 0.4) is 0 Å².